The second-order valence-corrected chi connectivity index (χ2v) is 6.90. The van der Waals surface area contributed by atoms with Crippen LogP contribution in [0.1, 0.15) is 17.7 Å². The van der Waals surface area contributed by atoms with Gasteiger partial charge in [-0.15, -0.1) is 0 Å². The molecule has 6 heteroatoms. The lowest BCUT2D eigenvalue weighted by Crippen LogP contribution is -2.26. The smallest absolute Gasteiger partial charge is 0.250 e. The summed E-state index contributed by atoms with van der Waals surface area (Å²) >= 11 is 0. The van der Waals surface area contributed by atoms with Crippen molar-refractivity contribution >= 4 is 5.69 Å². The van der Waals surface area contributed by atoms with Gasteiger partial charge in [-0.25, -0.2) is 14.4 Å². The molecule has 1 aliphatic heterocycles. The average Bonchev–Trinajstić information content (AvgIpc) is 3.18. The Morgan fingerprint density at radius 3 is 2.82 bits per heavy atom. The van der Waals surface area contributed by atoms with E-state index in [2.05, 4.69) is 14.9 Å². The van der Waals surface area contributed by atoms with E-state index in [0.29, 0.717) is 12.2 Å². The number of hydrogen-bond acceptors (Lipinski definition) is 5. The maximum absolute atomic E-state index is 13.8. The maximum Gasteiger partial charge on any atom is 0.250 e. The van der Waals surface area contributed by atoms with Crippen molar-refractivity contribution in [2.75, 3.05) is 18.0 Å². The maximum atomic E-state index is 13.8. The lowest BCUT2D eigenvalue weighted by molar-refractivity contribution is 0.205. The fourth-order valence-corrected chi connectivity index (χ4v) is 3.57. The second-order valence-electron chi connectivity index (χ2n) is 6.90. The van der Waals surface area contributed by atoms with Gasteiger partial charge < -0.3 is 14.7 Å². The summed E-state index contributed by atoms with van der Waals surface area (Å²) in [5, 5.41) is 9.88. The third-order valence-corrected chi connectivity index (χ3v) is 5.01. The Hall–Kier alpha value is -2.99. The van der Waals surface area contributed by atoms with Crippen LogP contribution in [0.4, 0.5) is 10.1 Å². The summed E-state index contributed by atoms with van der Waals surface area (Å²) in [6.45, 7) is 3.24. The van der Waals surface area contributed by atoms with E-state index in [9.17, 15) is 9.50 Å². The average molecular weight is 379 g/mol. The highest BCUT2D eigenvalue weighted by Gasteiger charge is 2.27. The van der Waals surface area contributed by atoms with Crippen LogP contribution in [0.25, 0.3) is 11.3 Å². The molecular formula is C22H22FN3O2. The molecule has 0 aliphatic carbocycles. The lowest BCUT2D eigenvalue weighted by Gasteiger charge is -2.21. The Balaban J connectivity index is 1.53. The minimum atomic E-state index is -0.457. The molecule has 0 unspecified atom stereocenters. The summed E-state index contributed by atoms with van der Waals surface area (Å²) in [6, 6.07) is 14.9. The van der Waals surface area contributed by atoms with Gasteiger partial charge in [0.2, 0.25) is 0 Å². The van der Waals surface area contributed by atoms with Crippen LogP contribution in [0, 0.1) is 12.7 Å². The van der Waals surface area contributed by atoms with Crippen molar-refractivity contribution in [3.05, 3.63) is 71.8 Å². The molecule has 3 heterocycles. The molecule has 0 amide bonds. The number of aromatic nitrogens is 2. The fourth-order valence-electron chi connectivity index (χ4n) is 3.57. The highest BCUT2D eigenvalue weighted by Crippen LogP contribution is 2.29. The number of rotatable bonds is 5. The highest BCUT2D eigenvalue weighted by atomic mass is 19.1. The van der Waals surface area contributed by atoms with Crippen LogP contribution < -0.4 is 9.64 Å². The lowest BCUT2D eigenvalue weighted by atomic mass is 10.0. The van der Waals surface area contributed by atoms with E-state index in [1.165, 1.54) is 12.3 Å². The number of benzene rings is 1. The van der Waals surface area contributed by atoms with Crippen LogP contribution in [0.15, 0.2) is 54.7 Å². The van der Waals surface area contributed by atoms with E-state index in [-0.39, 0.29) is 18.6 Å². The Morgan fingerprint density at radius 2 is 2.04 bits per heavy atom. The van der Waals surface area contributed by atoms with Crippen molar-refractivity contribution in [2.24, 2.45) is 0 Å². The Bertz CT molecular complexity index is 980. The first-order valence-electron chi connectivity index (χ1n) is 9.34. The number of aliphatic hydroxyl groups excluding tert-OH is 1. The monoisotopic (exact) mass is 379 g/mol. The van der Waals surface area contributed by atoms with Crippen molar-refractivity contribution in [3.8, 4) is 17.1 Å². The highest BCUT2D eigenvalue weighted by molar-refractivity contribution is 5.66. The van der Waals surface area contributed by atoms with Gasteiger partial charge in [-0.3, -0.25) is 0 Å². The molecular weight excluding hydrogens is 357 g/mol. The van der Waals surface area contributed by atoms with E-state index in [1.54, 1.807) is 6.07 Å². The first kappa shape index (κ1) is 18.4. The standard InChI is InChI=1S/C22H22FN3O2/c1-15-5-2-3-6-17(15)19-8-9-21(20(14-27)25-19)26-12-10-16(13-26)28-22-18(23)7-4-11-24-22/h2-9,11,16,27H,10,12-14H2,1H3/t16-/m0/s1. The van der Waals surface area contributed by atoms with Crippen molar-refractivity contribution in [1.82, 2.24) is 9.97 Å². The van der Waals surface area contributed by atoms with Gasteiger partial charge in [0.25, 0.3) is 5.88 Å². The zero-order chi connectivity index (χ0) is 19.5. The van der Waals surface area contributed by atoms with E-state index in [1.807, 2.05) is 43.3 Å². The SMILES string of the molecule is Cc1ccccc1-c1ccc(N2CC[C@H](Oc3ncccc3F)C2)c(CO)n1. The fraction of sp³-hybridized carbons (Fsp3) is 0.273. The quantitative estimate of drug-likeness (QED) is 0.732. The van der Waals surface area contributed by atoms with Crippen LogP contribution in [0.5, 0.6) is 5.88 Å². The predicted molar refractivity (Wildman–Crippen MR) is 106 cm³/mol. The number of ether oxygens (including phenoxy) is 1. The van der Waals surface area contributed by atoms with E-state index in [0.717, 1.165) is 35.5 Å². The van der Waals surface area contributed by atoms with Gasteiger partial charge in [-0.2, -0.15) is 0 Å². The molecule has 1 saturated heterocycles. The summed E-state index contributed by atoms with van der Waals surface area (Å²) in [4.78, 5) is 10.8. The van der Waals surface area contributed by atoms with Crippen molar-refractivity contribution < 1.29 is 14.2 Å². The van der Waals surface area contributed by atoms with Gasteiger partial charge in [0.15, 0.2) is 5.82 Å². The normalized spacial score (nSPS) is 16.4. The molecule has 1 atom stereocenters. The molecule has 1 N–H and O–H groups in total. The Morgan fingerprint density at radius 1 is 1.18 bits per heavy atom. The Labute approximate surface area is 163 Å². The topological polar surface area (TPSA) is 58.5 Å². The van der Waals surface area contributed by atoms with Crippen LogP contribution in [0.3, 0.4) is 0 Å². The molecule has 0 saturated carbocycles. The first-order chi connectivity index (χ1) is 13.7. The van der Waals surface area contributed by atoms with Crippen LogP contribution in [-0.2, 0) is 6.61 Å². The molecule has 0 radical (unpaired) electrons. The summed E-state index contributed by atoms with van der Waals surface area (Å²) in [5.41, 5.74) is 4.54. The van der Waals surface area contributed by atoms with E-state index in [4.69, 9.17) is 4.74 Å². The second kappa shape index (κ2) is 7.94. The molecule has 2 aromatic heterocycles. The minimum Gasteiger partial charge on any atom is -0.470 e. The zero-order valence-corrected chi connectivity index (χ0v) is 15.7. The number of hydrogen-bond donors (Lipinski definition) is 1. The van der Waals surface area contributed by atoms with Crippen molar-refractivity contribution in [1.29, 1.82) is 0 Å². The molecule has 5 nitrogen and oxygen atoms in total. The molecule has 1 aromatic carbocycles. The molecule has 4 rings (SSSR count). The molecule has 1 fully saturated rings. The van der Waals surface area contributed by atoms with Gasteiger partial charge in [0, 0.05) is 24.7 Å². The molecule has 0 spiro atoms. The predicted octanol–water partition coefficient (Wildman–Crippen LogP) is 3.74. The summed E-state index contributed by atoms with van der Waals surface area (Å²) in [5.74, 6) is -0.425. The molecule has 28 heavy (non-hydrogen) atoms. The van der Waals surface area contributed by atoms with Gasteiger partial charge in [0.1, 0.15) is 6.10 Å². The van der Waals surface area contributed by atoms with Crippen molar-refractivity contribution in [2.45, 2.75) is 26.1 Å². The number of aliphatic hydroxyl groups is 1. The number of halogens is 1. The third-order valence-electron chi connectivity index (χ3n) is 5.01. The number of pyridine rings is 2. The zero-order valence-electron chi connectivity index (χ0n) is 15.7. The van der Waals surface area contributed by atoms with Crippen LogP contribution in [-0.4, -0.2) is 34.3 Å². The summed E-state index contributed by atoms with van der Waals surface area (Å²) in [6.07, 6.45) is 2.11. The van der Waals surface area contributed by atoms with Gasteiger partial charge >= 0.3 is 0 Å². The van der Waals surface area contributed by atoms with Gasteiger partial charge in [-0.1, -0.05) is 24.3 Å². The minimum absolute atomic E-state index is 0.0322. The molecule has 1 aliphatic rings. The molecule has 144 valence electrons. The molecule has 3 aromatic rings. The van der Waals surface area contributed by atoms with Gasteiger partial charge in [0.05, 0.1) is 30.2 Å². The first-order valence-corrected chi connectivity index (χ1v) is 9.34. The van der Waals surface area contributed by atoms with E-state index >= 15 is 0 Å². The van der Waals surface area contributed by atoms with E-state index < -0.39 is 5.82 Å². The largest absolute Gasteiger partial charge is 0.470 e. The van der Waals surface area contributed by atoms with Crippen LogP contribution >= 0.6 is 0 Å². The molecule has 0 bridgehead atoms. The number of nitrogens with zero attached hydrogens (tertiary/aromatic N) is 3. The Kier molecular flexibility index (Phi) is 5.21. The summed E-state index contributed by atoms with van der Waals surface area (Å²) < 4.78 is 19.5. The number of anilines is 1. The van der Waals surface area contributed by atoms with Crippen LogP contribution in [0.2, 0.25) is 0 Å². The van der Waals surface area contributed by atoms with Gasteiger partial charge in [-0.05, 0) is 36.8 Å². The third kappa shape index (κ3) is 3.68. The number of aryl methyl sites for hydroxylation is 1. The van der Waals surface area contributed by atoms with Crippen molar-refractivity contribution in [3.63, 3.8) is 0 Å². The summed E-state index contributed by atoms with van der Waals surface area (Å²) in [7, 11) is 0.